The first-order valence-corrected chi connectivity index (χ1v) is 27.3. The van der Waals surface area contributed by atoms with Gasteiger partial charge >= 0.3 is 6.09 Å². The summed E-state index contributed by atoms with van der Waals surface area (Å²) in [5.74, 6) is -0.908. The Kier molecular flexibility index (Phi) is 18.8. The standard InChI is InChI=1S/C35H41FN4O4.C30H33FN4O2/c1-23(2)21-35(28-14-9-8-10-15-28)31(42)40(32(38-35)37-33(43)44-34(4,5)6)24(3)26-12-11-13-27(20-26)30(41)39(7)22-25-16-18-29(36)19-17-25;1-20(2)18-30(25-11-6-5-7-12-25)28(37)35(29(32)33-30)21(3)23-9-8-10-24(17-23)27(36)34(4)19-22-13-15-26(31)16-14-22/h8-20,23-24H,21-22H2,1-7H3,(H,37,38,43);5-17,20-21H,18-19H2,1-4H3,(H2,32,33)/t24-,35-;21-,30-/m11/s1. The van der Waals surface area contributed by atoms with Gasteiger partial charge in [0.15, 0.2) is 17.0 Å². The van der Waals surface area contributed by atoms with Gasteiger partial charge in [-0.05, 0) is 141 Å². The molecule has 0 spiro atoms. The van der Waals surface area contributed by atoms with Crippen LogP contribution in [0, 0.1) is 23.5 Å². The Balaban J connectivity index is 0.000000237. The zero-order valence-corrected chi connectivity index (χ0v) is 48.1. The van der Waals surface area contributed by atoms with Crippen LogP contribution in [0.25, 0.3) is 0 Å². The number of hydrogen-bond acceptors (Lipinski definition) is 9. The maximum atomic E-state index is 14.5. The van der Waals surface area contributed by atoms with Crippen LogP contribution in [-0.2, 0) is 38.5 Å². The van der Waals surface area contributed by atoms with E-state index in [0.717, 1.165) is 27.8 Å². The van der Waals surface area contributed by atoms with Crippen molar-refractivity contribution >= 4 is 41.6 Å². The second-order valence-corrected chi connectivity index (χ2v) is 22.7. The molecule has 14 nitrogen and oxygen atoms in total. The number of alkyl carbamates (subject to hydrolysis) is 1. The van der Waals surface area contributed by atoms with Crippen LogP contribution in [0.3, 0.4) is 0 Å². The van der Waals surface area contributed by atoms with Gasteiger partial charge in [0.2, 0.25) is 5.96 Å². The number of nitrogens with two attached hydrogens (primary N) is 1. The van der Waals surface area contributed by atoms with E-state index in [1.807, 2.05) is 100 Å². The van der Waals surface area contributed by atoms with Crippen LogP contribution < -0.4 is 11.1 Å². The summed E-state index contributed by atoms with van der Waals surface area (Å²) in [5.41, 5.74) is 8.87. The third-order valence-electron chi connectivity index (χ3n) is 14.1. The zero-order valence-electron chi connectivity index (χ0n) is 48.1. The first-order chi connectivity index (χ1) is 38.3. The Labute approximate surface area is 474 Å². The second-order valence-electron chi connectivity index (χ2n) is 22.7. The predicted molar refractivity (Wildman–Crippen MR) is 311 cm³/mol. The fourth-order valence-corrected chi connectivity index (χ4v) is 10.4. The highest BCUT2D eigenvalue weighted by Gasteiger charge is 2.53. The Morgan fingerprint density at radius 2 is 0.975 bits per heavy atom. The number of carbonyl (C=O) groups is 5. The van der Waals surface area contributed by atoms with Gasteiger partial charge < -0.3 is 20.3 Å². The fraction of sp³-hybridized carbons (Fsp3) is 0.338. The van der Waals surface area contributed by atoms with Gasteiger partial charge in [0.25, 0.3) is 23.6 Å². The molecule has 0 saturated heterocycles. The van der Waals surface area contributed by atoms with Crippen molar-refractivity contribution in [3.8, 4) is 0 Å². The van der Waals surface area contributed by atoms with Crippen LogP contribution in [0.2, 0.25) is 0 Å². The molecule has 2 heterocycles. The van der Waals surface area contributed by atoms with E-state index in [2.05, 4.69) is 19.2 Å². The smallest absolute Gasteiger partial charge is 0.414 e. The molecule has 8 rings (SSSR count). The van der Waals surface area contributed by atoms with Crippen molar-refractivity contribution in [2.75, 3.05) is 14.1 Å². The molecule has 6 aromatic carbocycles. The molecule has 2 aliphatic rings. The van der Waals surface area contributed by atoms with Crippen LogP contribution in [-0.4, -0.2) is 80.9 Å². The summed E-state index contributed by atoms with van der Waals surface area (Å²) < 4.78 is 32.1. The van der Waals surface area contributed by atoms with E-state index < -0.39 is 34.9 Å². The summed E-state index contributed by atoms with van der Waals surface area (Å²) in [5, 5.41) is 2.74. The Hall–Kier alpha value is -8.53. The summed E-state index contributed by atoms with van der Waals surface area (Å²) in [6.07, 6.45) is 0.235. The molecule has 5 amide bonds. The number of benzene rings is 6. The summed E-state index contributed by atoms with van der Waals surface area (Å²) in [6, 6.07) is 44.3. The molecular formula is C65H74F2N8O6. The molecule has 0 aromatic heterocycles. The fourth-order valence-electron chi connectivity index (χ4n) is 10.4. The lowest BCUT2D eigenvalue weighted by atomic mass is 9.82. The molecule has 424 valence electrons. The maximum Gasteiger partial charge on any atom is 0.414 e. The average molecular weight is 1100 g/mol. The van der Waals surface area contributed by atoms with Crippen LogP contribution in [0.15, 0.2) is 168 Å². The van der Waals surface area contributed by atoms with E-state index in [0.29, 0.717) is 42.6 Å². The van der Waals surface area contributed by atoms with E-state index in [1.54, 1.807) is 110 Å². The third-order valence-corrected chi connectivity index (χ3v) is 14.1. The van der Waals surface area contributed by atoms with Crippen molar-refractivity contribution in [2.45, 2.75) is 117 Å². The molecule has 6 aromatic rings. The minimum absolute atomic E-state index is 0.0893. The van der Waals surface area contributed by atoms with Gasteiger partial charge in [-0.3, -0.25) is 34.3 Å². The largest absolute Gasteiger partial charge is 0.444 e. The molecule has 2 aliphatic heterocycles. The van der Waals surface area contributed by atoms with Crippen molar-refractivity contribution < 1.29 is 37.5 Å². The van der Waals surface area contributed by atoms with Gasteiger partial charge in [0.1, 0.15) is 17.2 Å². The van der Waals surface area contributed by atoms with Gasteiger partial charge in [-0.15, -0.1) is 0 Å². The number of ether oxygens (including phenoxy) is 1. The van der Waals surface area contributed by atoms with Crippen molar-refractivity contribution in [1.29, 1.82) is 0 Å². The number of nitrogens with zero attached hydrogens (tertiary/aromatic N) is 6. The Bertz CT molecular complexity index is 3270. The number of carbonyl (C=O) groups excluding carboxylic acids is 5. The number of nitrogens with one attached hydrogen (secondary N) is 1. The third kappa shape index (κ3) is 14.1. The second kappa shape index (κ2) is 25.3. The SMILES string of the molecule is CC(C)C[C@]1(c2ccccc2)N=C(N)N([C@H](C)c2cccc(C(=O)N(C)Cc3ccc(F)cc3)c2)C1=O.CC(C)C[C@]1(c2ccccc2)N=C(NC(=O)OC(C)(C)C)N([C@H](C)c2cccc(C(=O)N(C)Cc3ccc(F)cc3)c2)C1=O. The zero-order chi connectivity index (χ0) is 59.0. The molecule has 0 unspecified atom stereocenters. The molecule has 0 bridgehead atoms. The molecule has 0 fully saturated rings. The minimum atomic E-state index is -1.25. The van der Waals surface area contributed by atoms with Gasteiger partial charge in [-0.1, -0.05) is 137 Å². The Morgan fingerprint density at radius 1 is 0.580 bits per heavy atom. The highest BCUT2D eigenvalue weighted by atomic mass is 19.1. The summed E-state index contributed by atoms with van der Waals surface area (Å²) in [4.78, 5) is 83.9. The number of hydrogen-bond donors (Lipinski definition) is 2. The van der Waals surface area contributed by atoms with Crippen LogP contribution >= 0.6 is 0 Å². The average Bonchev–Trinajstić information content (AvgIpc) is 2.73. The van der Waals surface area contributed by atoms with Crippen LogP contribution in [0.5, 0.6) is 0 Å². The van der Waals surface area contributed by atoms with Crippen molar-refractivity contribution in [2.24, 2.45) is 27.6 Å². The number of aliphatic imine (C=N–C) groups is 2. The first kappa shape index (κ1) is 60.1. The molecule has 0 saturated carbocycles. The molecule has 0 aliphatic carbocycles. The van der Waals surface area contributed by atoms with Gasteiger partial charge in [0.05, 0.1) is 12.1 Å². The van der Waals surface area contributed by atoms with Crippen LogP contribution in [0.4, 0.5) is 13.6 Å². The molecule has 4 atom stereocenters. The molecular weight excluding hydrogens is 1030 g/mol. The van der Waals surface area contributed by atoms with Crippen molar-refractivity contribution in [3.05, 3.63) is 214 Å². The summed E-state index contributed by atoms with van der Waals surface area (Å²) in [7, 11) is 3.39. The molecule has 16 heteroatoms. The van der Waals surface area contributed by atoms with E-state index >= 15 is 0 Å². The Morgan fingerprint density at radius 3 is 1.38 bits per heavy atom. The van der Waals surface area contributed by atoms with Crippen molar-refractivity contribution in [1.82, 2.24) is 24.9 Å². The normalized spacial score (nSPS) is 17.7. The lowest BCUT2D eigenvalue weighted by Gasteiger charge is -2.31. The lowest BCUT2D eigenvalue weighted by Crippen LogP contribution is -2.48. The topological polar surface area (TPSA) is 170 Å². The predicted octanol–water partition coefficient (Wildman–Crippen LogP) is 12.1. The summed E-state index contributed by atoms with van der Waals surface area (Å²) in [6.45, 7) is 17.8. The summed E-state index contributed by atoms with van der Waals surface area (Å²) >= 11 is 0. The lowest BCUT2D eigenvalue weighted by molar-refractivity contribution is -0.134. The highest BCUT2D eigenvalue weighted by molar-refractivity contribution is 6.12. The van der Waals surface area contributed by atoms with Gasteiger partial charge in [-0.2, -0.15) is 0 Å². The number of halogens is 2. The maximum absolute atomic E-state index is 14.5. The molecule has 81 heavy (non-hydrogen) atoms. The number of amides is 5. The number of guanidine groups is 2. The van der Waals surface area contributed by atoms with Gasteiger partial charge in [-0.25, -0.2) is 23.6 Å². The van der Waals surface area contributed by atoms with E-state index in [-0.39, 0.29) is 59.0 Å². The van der Waals surface area contributed by atoms with E-state index in [4.69, 9.17) is 20.5 Å². The monoisotopic (exact) mass is 1100 g/mol. The molecule has 3 N–H and O–H groups in total. The quantitative estimate of drug-likeness (QED) is 0.0971. The van der Waals surface area contributed by atoms with Gasteiger partial charge in [0, 0.05) is 38.3 Å². The van der Waals surface area contributed by atoms with Crippen molar-refractivity contribution in [3.63, 3.8) is 0 Å². The van der Waals surface area contributed by atoms with E-state index in [9.17, 15) is 32.8 Å². The van der Waals surface area contributed by atoms with E-state index in [1.165, 1.54) is 29.2 Å². The van der Waals surface area contributed by atoms with Crippen LogP contribution in [0.1, 0.15) is 141 Å². The minimum Gasteiger partial charge on any atom is -0.444 e. The number of rotatable bonds is 16. The molecule has 0 radical (unpaired) electrons. The first-order valence-electron chi connectivity index (χ1n) is 27.3. The highest BCUT2D eigenvalue weighted by Crippen LogP contribution is 2.43.